The van der Waals surface area contributed by atoms with Gasteiger partial charge in [-0.15, -0.1) is 0 Å². The van der Waals surface area contributed by atoms with E-state index in [2.05, 4.69) is 6.92 Å². The van der Waals surface area contributed by atoms with E-state index in [1.165, 1.54) is 0 Å². The van der Waals surface area contributed by atoms with Crippen LogP contribution in [0.1, 0.15) is 38.4 Å². The molecule has 0 radical (unpaired) electrons. The lowest BCUT2D eigenvalue weighted by Crippen LogP contribution is -2.09. The molecular formula is C18H24O3. The molecule has 0 aliphatic carbocycles. The Labute approximate surface area is 126 Å². The highest BCUT2D eigenvalue weighted by Crippen LogP contribution is 2.33. The second-order valence-electron chi connectivity index (χ2n) is 5.20. The van der Waals surface area contributed by atoms with Gasteiger partial charge in [0.15, 0.2) is 0 Å². The van der Waals surface area contributed by atoms with E-state index in [1.54, 1.807) is 6.92 Å². The predicted octanol–water partition coefficient (Wildman–Crippen LogP) is 4.09. The van der Waals surface area contributed by atoms with Gasteiger partial charge in [0.25, 0.3) is 0 Å². The number of hydrogen-bond donors (Lipinski definition) is 1. The van der Waals surface area contributed by atoms with Crippen molar-refractivity contribution in [3.8, 4) is 5.75 Å². The molecule has 0 saturated heterocycles. The lowest BCUT2D eigenvalue weighted by Gasteiger charge is -2.16. The first kappa shape index (κ1) is 15.8. The number of hydrogen-bond acceptors (Lipinski definition) is 3. The highest BCUT2D eigenvalue weighted by Gasteiger charge is 2.12. The van der Waals surface area contributed by atoms with Gasteiger partial charge in [0.1, 0.15) is 12.4 Å². The summed E-state index contributed by atoms with van der Waals surface area (Å²) in [5.74, 6) is 0.766. The summed E-state index contributed by atoms with van der Waals surface area (Å²) in [5.41, 5.74) is 0.822. The number of rotatable bonds is 8. The topological polar surface area (TPSA) is 38.7 Å². The molecule has 1 atom stereocenters. The lowest BCUT2D eigenvalue weighted by molar-refractivity contribution is 0.0968. The standard InChI is InChI=1S/C18H24O3/c1-3-4-11-20-12-13-21-18-16(14(2)19)10-9-15-7-5-6-8-17(15)18/h5-10,14,19H,3-4,11-13H2,1-2H3/t14-/m0/s1. The first-order valence-electron chi connectivity index (χ1n) is 7.64. The first-order valence-corrected chi connectivity index (χ1v) is 7.64. The molecule has 0 aliphatic heterocycles. The Balaban J connectivity index is 2.10. The molecule has 0 fully saturated rings. The fourth-order valence-electron chi connectivity index (χ4n) is 2.30. The summed E-state index contributed by atoms with van der Waals surface area (Å²) in [4.78, 5) is 0. The number of unbranched alkanes of at least 4 members (excludes halogenated alkanes) is 1. The summed E-state index contributed by atoms with van der Waals surface area (Å²) in [6, 6.07) is 12.0. The van der Waals surface area contributed by atoms with Crippen LogP contribution in [-0.2, 0) is 4.74 Å². The smallest absolute Gasteiger partial charge is 0.133 e. The quantitative estimate of drug-likeness (QED) is 0.744. The van der Waals surface area contributed by atoms with Crippen LogP contribution >= 0.6 is 0 Å². The van der Waals surface area contributed by atoms with Crippen LogP contribution in [0.2, 0.25) is 0 Å². The Morgan fingerprint density at radius 2 is 1.86 bits per heavy atom. The summed E-state index contributed by atoms with van der Waals surface area (Å²) < 4.78 is 11.4. The first-order chi connectivity index (χ1) is 10.2. The van der Waals surface area contributed by atoms with E-state index < -0.39 is 6.10 Å². The van der Waals surface area contributed by atoms with Gasteiger partial charge in [-0.1, -0.05) is 49.7 Å². The van der Waals surface area contributed by atoms with Crippen molar-refractivity contribution >= 4 is 10.8 Å². The zero-order valence-corrected chi connectivity index (χ0v) is 12.8. The van der Waals surface area contributed by atoms with E-state index in [-0.39, 0.29) is 0 Å². The molecule has 114 valence electrons. The fraction of sp³-hybridized carbons (Fsp3) is 0.444. The maximum atomic E-state index is 9.93. The van der Waals surface area contributed by atoms with Crippen molar-refractivity contribution in [2.24, 2.45) is 0 Å². The average molecular weight is 288 g/mol. The molecule has 0 heterocycles. The molecule has 3 heteroatoms. The van der Waals surface area contributed by atoms with Crippen molar-refractivity contribution < 1.29 is 14.6 Å². The van der Waals surface area contributed by atoms with E-state index in [0.717, 1.165) is 41.5 Å². The van der Waals surface area contributed by atoms with E-state index >= 15 is 0 Å². The highest BCUT2D eigenvalue weighted by molar-refractivity contribution is 5.89. The third kappa shape index (κ3) is 4.19. The number of ether oxygens (including phenoxy) is 2. The molecular weight excluding hydrogens is 264 g/mol. The van der Waals surface area contributed by atoms with Crippen LogP contribution in [-0.4, -0.2) is 24.9 Å². The van der Waals surface area contributed by atoms with Gasteiger partial charge < -0.3 is 14.6 Å². The Bertz CT molecular complexity index is 563. The second-order valence-corrected chi connectivity index (χ2v) is 5.20. The van der Waals surface area contributed by atoms with Gasteiger partial charge in [-0.25, -0.2) is 0 Å². The number of aliphatic hydroxyl groups is 1. The average Bonchev–Trinajstić information content (AvgIpc) is 2.50. The van der Waals surface area contributed by atoms with Crippen LogP contribution < -0.4 is 4.74 Å². The number of benzene rings is 2. The second kappa shape index (κ2) is 8.01. The molecule has 0 bridgehead atoms. The summed E-state index contributed by atoms with van der Waals surface area (Å²) >= 11 is 0. The Kier molecular flexibility index (Phi) is 6.03. The molecule has 0 amide bonds. The number of aliphatic hydroxyl groups excluding tert-OH is 1. The molecule has 2 aromatic carbocycles. The fourth-order valence-corrected chi connectivity index (χ4v) is 2.30. The molecule has 1 N–H and O–H groups in total. The van der Waals surface area contributed by atoms with Crippen LogP contribution in [0.25, 0.3) is 10.8 Å². The summed E-state index contributed by atoms with van der Waals surface area (Å²) in [6.45, 7) is 5.75. The summed E-state index contributed by atoms with van der Waals surface area (Å²) in [5, 5.41) is 12.1. The number of fused-ring (bicyclic) bond motifs is 1. The molecule has 21 heavy (non-hydrogen) atoms. The molecule has 0 aliphatic rings. The Morgan fingerprint density at radius 1 is 1.05 bits per heavy atom. The van der Waals surface area contributed by atoms with Crippen molar-refractivity contribution in [2.75, 3.05) is 19.8 Å². The van der Waals surface area contributed by atoms with Gasteiger partial charge in [0, 0.05) is 17.6 Å². The maximum Gasteiger partial charge on any atom is 0.133 e. The third-order valence-corrected chi connectivity index (χ3v) is 3.48. The largest absolute Gasteiger partial charge is 0.490 e. The SMILES string of the molecule is CCCCOCCOc1c([C@H](C)O)ccc2ccccc12. The van der Waals surface area contributed by atoms with Crippen molar-refractivity contribution in [1.82, 2.24) is 0 Å². The van der Waals surface area contributed by atoms with E-state index in [1.807, 2.05) is 36.4 Å². The van der Waals surface area contributed by atoms with Crippen LogP contribution in [0.3, 0.4) is 0 Å². The molecule has 0 spiro atoms. The van der Waals surface area contributed by atoms with Gasteiger partial charge in [0.2, 0.25) is 0 Å². The van der Waals surface area contributed by atoms with Crippen molar-refractivity contribution in [3.63, 3.8) is 0 Å². The van der Waals surface area contributed by atoms with Gasteiger partial charge in [-0.3, -0.25) is 0 Å². The summed E-state index contributed by atoms with van der Waals surface area (Å²) in [7, 11) is 0. The predicted molar refractivity (Wildman–Crippen MR) is 85.8 cm³/mol. The van der Waals surface area contributed by atoms with Crippen LogP contribution in [0.4, 0.5) is 0 Å². The van der Waals surface area contributed by atoms with E-state index in [0.29, 0.717) is 13.2 Å². The molecule has 0 saturated carbocycles. The normalized spacial score (nSPS) is 12.5. The highest BCUT2D eigenvalue weighted by atomic mass is 16.5. The Hall–Kier alpha value is -1.58. The minimum atomic E-state index is -0.550. The molecule has 3 nitrogen and oxygen atoms in total. The van der Waals surface area contributed by atoms with E-state index in [4.69, 9.17) is 9.47 Å². The minimum absolute atomic E-state index is 0.497. The van der Waals surface area contributed by atoms with Crippen molar-refractivity contribution in [1.29, 1.82) is 0 Å². The van der Waals surface area contributed by atoms with Crippen LogP contribution in [0, 0.1) is 0 Å². The monoisotopic (exact) mass is 288 g/mol. The lowest BCUT2D eigenvalue weighted by atomic mass is 10.0. The van der Waals surface area contributed by atoms with Crippen LogP contribution in [0.5, 0.6) is 5.75 Å². The van der Waals surface area contributed by atoms with Crippen LogP contribution in [0.15, 0.2) is 36.4 Å². The van der Waals surface area contributed by atoms with Gasteiger partial charge in [-0.05, 0) is 18.7 Å². The maximum absolute atomic E-state index is 9.93. The summed E-state index contributed by atoms with van der Waals surface area (Å²) in [6.07, 6.45) is 1.66. The van der Waals surface area contributed by atoms with Gasteiger partial charge >= 0.3 is 0 Å². The zero-order valence-electron chi connectivity index (χ0n) is 12.8. The molecule has 2 rings (SSSR count). The zero-order chi connectivity index (χ0) is 15.1. The Morgan fingerprint density at radius 3 is 2.62 bits per heavy atom. The molecule has 0 aromatic heterocycles. The van der Waals surface area contributed by atoms with Crippen molar-refractivity contribution in [2.45, 2.75) is 32.8 Å². The molecule has 0 unspecified atom stereocenters. The minimum Gasteiger partial charge on any atom is -0.490 e. The third-order valence-electron chi connectivity index (χ3n) is 3.48. The van der Waals surface area contributed by atoms with Crippen molar-refractivity contribution in [3.05, 3.63) is 42.0 Å². The molecule has 2 aromatic rings. The van der Waals surface area contributed by atoms with Gasteiger partial charge in [0.05, 0.1) is 12.7 Å². The van der Waals surface area contributed by atoms with Gasteiger partial charge in [-0.2, -0.15) is 0 Å². The van der Waals surface area contributed by atoms with E-state index in [9.17, 15) is 5.11 Å².